The van der Waals surface area contributed by atoms with Gasteiger partial charge in [-0.05, 0) is 24.7 Å². The lowest BCUT2D eigenvalue weighted by atomic mass is 10.1. The van der Waals surface area contributed by atoms with E-state index in [4.69, 9.17) is 5.14 Å². The van der Waals surface area contributed by atoms with Crippen LogP contribution in [0.4, 0.5) is 0 Å². The van der Waals surface area contributed by atoms with Crippen LogP contribution in [-0.2, 0) is 34.2 Å². The Bertz CT molecular complexity index is 845. The van der Waals surface area contributed by atoms with E-state index < -0.39 is 37.6 Å². The second kappa shape index (κ2) is 20.8. The lowest BCUT2D eigenvalue weighted by Crippen LogP contribution is -2.33. The molecule has 0 aromatic heterocycles. The van der Waals surface area contributed by atoms with Gasteiger partial charge in [-0.25, -0.2) is 13.6 Å². The molecule has 192 valence electrons. The first kappa shape index (κ1) is 41.5. The molecule has 0 aromatic rings. The summed E-state index contributed by atoms with van der Waals surface area (Å²) in [5, 5.41) is 5.35. The van der Waals surface area contributed by atoms with Gasteiger partial charge in [0.25, 0.3) is 11.8 Å². The van der Waals surface area contributed by atoms with Gasteiger partial charge in [-0.3, -0.25) is 19.1 Å². The highest BCUT2D eigenvalue weighted by molar-refractivity contribution is 7.92. The van der Waals surface area contributed by atoms with Gasteiger partial charge in [-0.2, -0.15) is 40.5 Å². The van der Waals surface area contributed by atoms with Gasteiger partial charge in [0.05, 0.1) is 5.75 Å². The van der Waals surface area contributed by atoms with Crippen LogP contribution in [0.5, 0.6) is 0 Å². The molecular formula is C18H40N4O5S5. The number of nitrogens with one attached hydrogen (secondary N) is 1. The first-order chi connectivity index (χ1) is 13.2. The molecule has 3 N–H and O–H groups in total. The molecule has 0 aliphatic heterocycles. The van der Waals surface area contributed by atoms with E-state index in [1.54, 1.807) is 12.2 Å². The number of hydrogen-bond acceptors (Lipinski definition) is 5. The molecule has 0 saturated heterocycles. The van der Waals surface area contributed by atoms with Crippen LogP contribution in [0.3, 0.4) is 0 Å². The van der Waals surface area contributed by atoms with Gasteiger partial charge in [0, 0.05) is 26.5 Å². The van der Waals surface area contributed by atoms with Crippen LogP contribution in [0, 0.1) is 11.8 Å². The van der Waals surface area contributed by atoms with E-state index in [0.717, 1.165) is 6.42 Å². The molecule has 0 aliphatic rings. The van der Waals surface area contributed by atoms with Crippen molar-refractivity contribution in [3.05, 3.63) is 25.3 Å². The molecule has 0 fully saturated rings. The fourth-order valence-corrected chi connectivity index (χ4v) is 5.72. The predicted octanol–water partition coefficient (Wildman–Crippen LogP) is 2.69. The highest BCUT2D eigenvalue weighted by atomic mass is 32.2. The van der Waals surface area contributed by atoms with Crippen LogP contribution < -0.4 is 9.86 Å². The maximum absolute atomic E-state index is 12.1. The van der Waals surface area contributed by atoms with Gasteiger partial charge in [0.1, 0.15) is 19.8 Å². The number of nitrogens with zero attached hydrogens (tertiary/aromatic N) is 2. The number of hydrogen-bond donors (Lipinski definition) is 2. The predicted molar refractivity (Wildman–Crippen MR) is 149 cm³/mol. The molecule has 2 unspecified atom stereocenters. The largest absolute Gasteiger partial charge is 0.274 e. The summed E-state index contributed by atoms with van der Waals surface area (Å²) in [6, 6.07) is 0. The molecule has 0 heterocycles. The zero-order valence-electron chi connectivity index (χ0n) is 19.4. The first-order valence-electron chi connectivity index (χ1n) is 8.95. The maximum atomic E-state index is 12.1. The Morgan fingerprint density at radius 2 is 1.25 bits per heavy atom. The summed E-state index contributed by atoms with van der Waals surface area (Å²) in [4.78, 5) is 32.3. The number of nitrogens with two attached hydrogens (primary N) is 1. The summed E-state index contributed by atoms with van der Waals surface area (Å²) < 4.78 is 32.7. The Morgan fingerprint density at radius 1 is 0.875 bits per heavy atom. The average Bonchev–Trinajstić information content (AvgIpc) is 2.43. The smallest absolute Gasteiger partial charge is 0.252 e. The van der Waals surface area contributed by atoms with Crippen LogP contribution >= 0.6 is 40.5 Å². The second-order valence-corrected chi connectivity index (χ2v) is 10.7. The molecule has 0 spiro atoms. The number of carbonyl (C=O) groups is 3. The van der Waals surface area contributed by atoms with Gasteiger partial charge >= 0.3 is 0 Å². The van der Waals surface area contributed by atoms with Crippen molar-refractivity contribution in [3.8, 4) is 0 Å². The van der Waals surface area contributed by atoms with E-state index in [1.165, 1.54) is 20.8 Å². The van der Waals surface area contributed by atoms with Crippen molar-refractivity contribution in [3.63, 3.8) is 0 Å². The Kier molecular flexibility index (Phi) is 26.9. The van der Waals surface area contributed by atoms with Crippen LogP contribution in [0.2, 0.25) is 0 Å². The Balaban J connectivity index is -0.000000141. The van der Waals surface area contributed by atoms with Crippen LogP contribution in [0.15, 0.2) is 34.0 Å². The van der Waals surface area contributed by atoms with Crippen molar-refractivity contribution in [2.45, 2.75) is 47.5 Å². The zero-order valence-corrected chi connectivity index (χ0v) is 24.0. The van der Waals surface area contributed by atoms with Crippen molar-refractivity contribution >= 4 is 78.0 Å². The van der Waals surface area contributed by atoms with E-state index in [0.29, 0.717) is 6.42 Å². The van der Waals surface area contributed by atoms with E-state index in [1.807, 2.05) is 13.8 Å². The summed E-state index contributed by atoms with van der Waals surface area (Å²) in [6.45, 7) is 14.6. The third-order valence-electron chi connectivity index (χ3n) is 3.03. The molecule has 0 bridgehead atoms. The molecule has 0 aromatic carbocycles. The fourth-order valence-electron chi connectivity index (χ4n) is 2.29. The summed E-state index contributed by atoms with van der Waals surface area (Å²) >= 11 is 0. The maximum Gasteiger partial charge on any atom is 0.252 e. The van der Waals surface area contributed by atoms with Crippen molar-refractivity contribution in [2.75, 3.05) is 11.5 Å². The van der Waals surface area contributed by atoms with Gasteiger partial charge in [0.2, 0.25) is 5.91 Å². The molecule has 32 heavy (non-hydrogen) atoms. The lowest BCUT2D eigenvalue weighted by molar-refractivity contribution is -0.117. The van der Waals surface area contributed by atoms with Gasteiger partial charge in [-0.1, -0.05) is 26.0 Å². The molecule has 0 rings (SSSR count). The van der Waals surface area contributed by atoms with E-state index in [9.17, 15) is 22.8 Å². The molecule has 0 radical (unpaired) electrons. The minimum absolute atomic E-state index is 0. The standard InChI is InChI=1S/C10H18N2O3S.C8H16N2O2S.3H2S/c1-5-6-8(2)7-16(15,11-9(3)13)12-10(4)14;1-4-5-7(2)6-13(9,12)10-8(3)11;;;/h5,8H,1,6-7H2,2-4H3,(H,11,12,13,14,15);4,7H,1,5-6H2,2-3H3,(H2,9,10,11,12);3*1H2/t8-;7-,13?;;;/m00.../s1. The topological polar surface area (TPSA) is 148 Å². The summed E-state index contributed by atoms with van der Waals surface area (Å²) in [5.41, 5.74) is 0. The molecule has 0 saturated carbocycles. The Morgan fingerprint density at radius 3 is 1.56 bits per heavy atom. The van der Waals surface area contributed by atoms with Gasteiger partial charge in [-0.15, -0.1) is 21.9 Å². The minimum atomic E-state index is -2.98. The number of amides is 3. The third kappa shape index (κ3) is 25.5. The molecule has 9 nitrogen and oxygen atoms in total. The lowest BCUT2D eigenvalue weighted by Gasteiger charge is -2.13. The number of carbonyl (C=O) groups excluding carboxylic acids is 3. The van der Waals surface area contributed by atoms with Crippen molar-refractivity contribution in [2.24, 2.45) is 25.7 Å². The quantitative estimate of drug-likeness (QED) is 0.422. The average molecular weight is 553 g/mol. The van der Waals surface area contributed by atoms with Crippen LogP contribution in [0.25, 0.3) is 0 Å². The highest BCUT2D eigenvalue weighted by Crippen LogP contribution is 2.08. The highest BCUT2D eigenvalue weighted by Gasteiger charge is 2.15. The number of allylic oxidation sites excluding steroid dienone is 2. The molecule has 14 heteroatoms. The van der Waals surface area contributed by atoms with Gasteiger partial charge < -0.3 is 0 Å². The summed E-state index contributed by atoms with van der Waals surface area (Å²) in [6.07, 6.45) is 4.81. The third-order valence-corrected chi connectivity index (χ3v) is 6.83. The van der Waals surface area contributed by atoms with Crippen molar-refractivity contribution in [1.82, 2.24) is 4.72 Å². The molecular weight excluding hydrogens is 513 g/mol. The Labute approximate surface area is 214 Å². The number of rotatable bonds is 9. The normalized spacial score (nSPS) is 14.8. The van der Waals surface area contributed by atoms with Crippen molar-refractivity contribution in [1.29, 1.82) is 0 Å². The van der Waals surface area contributed by atoms with E-state index in [2.05, 4.69) is 26.6 Å². The van der Waals surface area contributed by atoms with Crippen LogP contribution in [0.1, 0.15) is 47.5 Å². The second-order valence-electron chi connectivity index (χ2n) is 6.80. The summed E-state index contributed by atoms with van der Waals surface area (Å²) in [5.74, 6) is -0.932. The summed E-state index contributed by atoms with van der Waals surface area (Å²) in [7, 11) is -5.81. The monoisotopic (exact) mass is 552 g/mol. The van der Waals surface area contributed by atoms with Crippen LogP contribution in [-0.4, -0.2) is 37.6 Å². The van der Waals surface area contributed by atoms with E-state index >= 15 is 0 Å². The Hall–Kier alpha value is -0.800. The van der Waals surface area contributed by atoms with E-state index in [-0.39, 0.29) is 63.8 Å². The molecule has 4 atom stereocenters. The minimum Gasteiger partial charge on any atom is -0.274 e. The zero-order chi connectivity index (χ0) is 23.3. The SMILES string of the molecule is C=CC[C@H](C)CS(=O)(=NC(C)=O)NC(C)=O.C=CC[C@H](C)CS(N)(=O)=NC(C)=O.S.S.S. The van der Waals surface area contributed by atoms with Crippen molar-refractivity contribution < 1.29 is 22.8 Å². The molecule has 3 amide bonds. The first-order valence-corrected chi connectivity index (χ1v) is 12.4. The fraction of sp³-hybridized carbons (Fsp3) is 0.611. The molecule has 0 aliphatic carbocycles. The van der Waals surface area contributed by atoms with Gasteiger partial charge in [0.15, 0.2) is 0 Å².